The monoisotopic (exact) mass is 325 g/mol. The molecular formula is C16H21F2N3O2. The van der Waals surface area contributed by atoms with Crippen molar-refractivity contribution in [2.75, 3.05) is 36.4 Å². The quantitative estimate of drug-likeness (QED) is 0.879. The van der Waals surface area contributed by atoms with Gasteiger partial charge in [0.15, 0.2) is 11.6 Å². The number of hydrogen-bond donors (Lipinski definition) is 2. The number of likely N-dealkylation sites (tertiary alicyclic amines) is 1. The first-order chi connectivity index (χ1) is 11.0. The van der Waals surface area contributed by atoms with E-state index in [2.05, 4.69) is 5.32 Å². The Morgan fingerprint density at radius 3 is 2.39 bits per heavy atom. The zero-order valence-corrected chi connectivity index (χ0v) is 12.9. The van der Waals surface area contributed by atoms with Crippen molar-refractivity contribution in [2.45, 2.75) is 31.8 Å². The molecule has 1 atom stereocenters. The highest BCUT2D eigenvalue weighted by Crippen LogP contribution is 2.29. The van der Waals surface area contributed by atoms with Crippen LogP contribution in [0.2, 0.25) is 0 Å². The van der Waals surface area contributed by atoms with E-state index in [1.165, 1.54) is 4.90 Å². The molecule has 7 heteroatoms. The van der Waals surface area contributed by atoms with Crippen LogP contribution >= 0.6 is 0 Å². The number of β-amino-alcohol motifs (C(OH)–C–C–N with tert-alkyl or cyclic N) is 1. The fraction of sp³-hybridized carbons (Fsp3) is 0.562. The highest BCUT2D eigenvalue weighted by molar-refractivity contribution is 5.89. The zero-order chi connectivity index (χ0) is 16.4. The van der Waals surface area contributed by atoms with Gasteiger partial charge in [-0.15, -0.1) is 0 Å². The van der Waals surface area contributed by atoms with Crippen molar-refractivity contribution < 1.29 is 18.7 Å². The van der Waals surface area contributed by atoms with Crippen molar-refractivity contribution in [2.24, 2.45) is 0 Å². The molecule has 0 bridgehead atoms. The highest BCUT2D eigenvalue weighted by atomic mass is 19.1. The molecule has 0 unspecified atom stereocenters. The first-order valence-corrected chi connectivity index (χ1v) is 8.02. The van der Waals surface area contributed by atoms with Gasteiger partial charge in [-0.25, -0.2) is 13.6 Å². The third-order valence-electron chi connectivity index (χ3n) is 4.37. The molecule has 2 amide bonds. The van der Waals surface area contributed by atoms with Crippen LogP contribution in [0.5, 0.6) is 0 Å². The van der Waals surface area contributed by atoms with Gasteiger partial charge in [-0.3, -0.25) is 0 Å². The molecule has 2 N–H and O–H groups in total. The largest absolute Gasteiger partial charge is 0.391 e. The fourth-order valence-electron chi connectivity index (χ4n) is 3.22. The lowest BCUT2D eigenvalue weighted by atomic mass is 10.1. The van der Waals surface area contributed by atoms with Crippen LogP contribution in [-0.4, -0.2) is 48.3 Å². The number of hydrogen-bond acceptors (Lipinski definition) is 3. The fourth-order valence-corrected chi connectivity index (χ4v) is 3.22. The summed E-state index contributed by atoms with van der Waals surface area (Å²) >= 11 is 0. The Bertz CT molecular complexity index is 568. The Labute approximate surface area is 133 Å². The second kappa shape index (κ2) is 6.70. The van der Waals surface area contributed by atoms with Crippen LogP contribution in [0.25, 0.3) is 0 Å². The van der Waals surface area contributed by atoms with Gasteiger partial charge in [-0.05, 0) is 37.8 Å². The predicted octanol–water partition coefficient (Wildman–Crippen LogP) is 2.55. The maximum atomic E-state index is 14.2. The number of amides is 2. The average molecular weight is 325 g/mol. The third kappa shape index (κ3) is 3.55. The predicted molar refractivity (Wildman–Crippen MR) is 83.6 cm³/mol. The number of carbonyl (C=O) groups is 1. The van der Waals surface area contributed by atoms with E-state index < -0.39 is 23.8 Å². The van der Waals surface area contributed by atoms with E-state index in [1.807, 2.05) is 0 Å². The number of aliphatic hydroxyl groups is 1. The van der Waals surface area contributed by atoms with E-state index in [1.54, 1.807) is 4.90 Å². The maximum absolute atomic E-state index is 14.2. The van der Waals surface area contributed by atoms with Crippen molar-refractivity contribution in [1.82, 2.24) is 4.90 Å². The van der Waals surface area contributed by atoms with Gasteiger partial charge >= 0.3 is 6.03 Å². The molecule has 1 aromatic carbocycles. The van der Waals surface area contributed by atoms with Crippen molar-refractivity contribution in [3.63, 3.8) is 0 Å². The SMILES string of the molecule is O=C(Nc1cc(F)c(N2CCCC2)c(F)c1)N1CCC[C@H](O)C1. The number of benzene rings is 1. The van der Waals surface area contributed by atoms with Gasteiger partial charge in [0.25, 0.3) is 0 Å². The molecule has 2 heterocycles. The van der Waals surface area contributed by atoms with Crippen LogP contribution in [0.15, 0.2) is 12.1 Å². The molecule has 2 aliphatic heterocycles. The van der Waals surface area contributed by atoms with Gasteiger partial charge in [0, 0.05) is 31.9 Å². The molecule has 2 aliphatic rings. The van der Waals surface area contributed by atoms with Crippen molar-refractivity contribution >= 4 is 17.4 Å². The molecule has 0 aromatic heterocycles. The lowest BCUT2D eigenvalue weighted by Crippen LogP contribution is -2.44. The summed E-state index contributed by atoms with van der Waals surface area (Å²) in [6, 6.07) is 1.85. The van der Waals surface area contributed by atoms with Crippen molar-refractivity contribution in [1.29, 1.82) is 0 Å². The first-order valence-electron chi connectivity index (χ1n) is 8.02. The Kier molecular flexibility index (Phi) is 4.66. The number of rotatable bonds is 2. The number of nitrogens with zero attached hydrogens (tertiary/aromatic N) is 2. The third-order valence-corrected chi connectivity index (χ3v) is 4.37. The van der Waals surface area contributed by atoms with Gasteiger partial charge in [0.1, 0.15) is 5.69 Å². The van der Waals surface area contributed by atoms with E-state index in [4.69, 9.17) is 0 Å². The van der Waals surface area contributed by atoms with Crippen LogP contribution in [-0.2, 0) is 0 Å². The van der Waals surface area contributed by atoms with Crippen LogP contribution in [0.3, 0.4) is 0 Å². The molecule has 2 saturated heterocycles. The summed E-state index contributed by atoms with van der Waals surface area (Å²) in [7, 11) is 0. The lowest BCUT2D eigenvalue weighted by Gasteiger charge is -2.30. The van der Waals surface area contributed by atoms with E-state index in [9.17, 15) is 18.7 Å². The molecule has 1 aromatic rings. The Hall–Kier alpha value is -1.89. The second-order valence-corrected chi connectivity index (χ2v) is 6.15. The van der Waals surface area contributed by atoms with Gasteiger partial charge in [0.05, 0.1) is 6.10 Å². The Balaban J connectivity index is 1.72. The number of carbonyl (C=O) groups excluding carboxylic acids is 1. The number of piperidine rings is 1. The smallest absolute Gasteiger partial charge is 0.321 e. The molecule has 23 heavy (non-hydrogen) atoms. The minimum Gasteiger partial charge on any atom is -0.391 e. The normalized spacial score (nSPS) is 21.6. The number of halogens is 2. The molecule has 126 valence electrons. The summed E-state index contributed by atoms with van der Waals surface area (Å²) in [6.45, 7) is 2.05. The zero-order valence-electron chi connectivity index (χ0n) is 12.9. The molecule has 0 saturated carbocycles. The van der Waals surface area contributed by atoms with Crippen LogP contribution in [0.1, 0.15) is 25.7 Å². The average Bonchev–Trinajstić information content (AvgIpc) is 3.00. The van der Waals surface area contributed by atoms with Crippen LogP contribution < -0.4 is 10.2 Å². The van der Waals surface area contributed by atoms with E-state index in [0.29, 0.717) is 32.5 Å². The van der Waals surface area contributed by atoms with Crippen molar-refractivity contribution in [3.8, 4) is 0 Å². The molecule has 0 aliphatic carbocycles. The first kappa shape index (κ1) is 16.0. The van der Waals surface area contributed by atoms with E-state index in [0.717, 1.165) is 25.0 Å². The molecule has 3 rings (SSSR count). The summed E-state index contributed by atoms with van der Waals surface area (Å²) < 4.78 is 28.5. The van der Waals surface area contributed by atoms with Gasteiger partial charge in [-0.1, -0.05) is 0 Å². The summed E-state index contributed by atoms with van der Waals surface area (Å²) in [5, 5.41) is 12.1. The standard InChI is InChI=1S/C16H21F2N3O2/c17-13-8-11(9-14(18)15(13)20-5-1-2-6-20)19-16(23)21-7-3-4-12(22)10-21/h8-9,12,22H,1-7,10H2,(H,19,23)/t12-/m0/s1. The molecule has 0 spiro atoms. The van der Waals surface area contributed by atoms with Gasteiger partial charge in [0.2, 0.25) is 0 Å². The molecule has 5 nitrogen and oxygen atoms in total. The highest BCUT2D eigenvalue weighted by Gasteiger charge is 2.24. The number of aliphatic hydroxyl groups excluding tert-OH is 1. The minimum absolute atomic E-state index is 0.0195. The molecule has 2 fully saturated rings. The van der Waals surface area contributed by atoms with E-state index in [-0.39, 0.29) is 17.9 Å². The number of anilines is 2. The number of urea groups is 1. The summed E-state index contributed by atoms with van der Waals surface area (Å²) in [5.41, 5.74) is 0.0712. The summed E-state index contributed by atoms with van der Waals surface area (Å²) in [6.07, 6.45) is 2.69. The van der Waals surface area contributed by atoms with E-state index >= 15 is 0 Å². The summed E-state index contributed by atoms with van der Waals surface area (Å²) in [5.74, 6) is -1.33. The minimum atomic E-state index is -0.666. The molecule has 0 radical (unpaired) electrons. The van der Waals surface area contributed by atoms with Crippen molar-refractivity contribution in [3.05, 3.63) is 23.8 Å². The Morgan fingerprint density at radius 1 is 1.13 bits per heavy atom. The van der Waals surface area contributed by atoms with Crippen LogP contribution in [0.4, 0.5) is 25.0 Å². The van der Waals surface area contributed by atoms with Gasteiger partial charge in [-0.2, -0.15) is 0 Å². The lowest BCUT2D eigenvalue weighted by molar-refractivity contribution is 0.0883. The topological polar surface area (TPSA) is 55.8 Å². The summed E-state index contributed by atoms with van der Waals surface area (Å²) in [4.78, 5) is 15.3. The second-order valence-electron chi connectivity index (χ2n) is 6.15. The maximum Gasteiger partial charge on any atom is 0.321 e. The Morgan fingerprint density at radius 2 is 1.78 bits per heavy atom. The number of nitrogens with one attached hydrogen (secondary N) is 1. The molecular weight excluding hydrogens is 304 g/mol. The van der Waals surface area contributed by atoms with Gasteiger partial charge < -0.3 is 20.2 Å². The van der Waals surface area contributed by atoms with Crippen LogP contribution in [0, 0.1) is 11.6 Å².